The summed E-state index contributed by atoms with van der Waals surface area (Å²) < 4.78 is 0. The van der Waals surface area contributed by atoms with E-state index in [1.165, 1.54) is 11.3 Å². The van der Waals surface area contributed by atoms with Crippen LogP contribution in [0.15, 0.2) is 60.7 Å². The molecule has 0 unspecified atom stereocenters. The fraction of sp³-hybridized carbons (Fsp3) is 0.160. The number of hydrogen-bond acceptors (Lipinski definition) is 5. The lowest BCUT2D eigenvalue weighted by atomic mass is 10.0. The van der Waals surface area contributed by atoms with Crippen LogP contribution in [0.4, 0.5) is 5.00 Å². The molecule has 3 heterocycles. The number of benzene rings is 2. The lowest BCUT2D eigenvalue weighted by Crippen LogP contribution is -2.27. The van der Waals surface area contributed by atoms with Crippen molar-refractivity contribution in [2.75, 3.05) is 18.9 Å². The first-order valence-electron chi connectivity index (χ1n) is 10.4. The molecule has 0 atom stereocenters. The summed E-state index contributed by atoms with van der Waals surface area (Å²) in [6.07, 6.45) is 0.743. The van der Waals surface area contributed by atoms with Crippen LogP contribution in [0, 0.1) is 0 Å². The van der Waals surface area contributed by atoms with Crippen molar-refractivity contribution in [2.24, 2.45) is 5.73 Å². The molecule has 0 saturated carbocycles. The Labute approximate surface area is 201 Å². The van der Waals surface area contributed by atoms with Gasteiger partial charge in [-0.05, 0) is 31.2 Å². The van der Waals surface area contributed by atoms with E-state index in [0.29, 0.717) is 16.1 Å². The number of nitrogens with one attached hydrogen (secondary N) is 1. The average molecular weight is 479 g/mol. The average Bonchev–Trinajstić information content (AvgIpc) is 3.15. The number of fused-ring (bicyclic) bond motifs is 2. The van der Waals surface area contributed by atoms with Crippen molar-refractivity contribution >= 4 is 51.5 Å². The number of anilines is 1. The first-order chi connectivity index (χ1) is 15.5. The fourth-order valence-corrected chi connectivity index (χ4v) is 5.50. The Morgan fingerprint density at radius 3 is 2.58 bits per heavy atom. The summed E-state index contributed by atoms with van der Waals surface area (Å²) in [6, 6.07) is 19.1. The maximum absolute atomic E-state index is 13.5. The number of primary amides is 1. The zero-order chi connectivity index (χ0) is 22.2. The van der Waals surface area contributed by atoms with Crippen molar-refractivity contribution in [1.29, 1.82) is 0 Å². The minimum atomic E-state index is -0.507. The van der Waals surface area contributed by atoms with Gasteiger partial charge in [0.05, 0.1) is 22.3 Å². The monoisotopic (exact) mass is 478 g/mol. The van der Waals surface area contributed by atoms with Gasteiger partial charge in [0.2, 0.25) is 0 Å². The van der Waals surface area contributed by atoms with E-state index in [0.717, 1.165) is 52.1 Å². The molecule has 2 amide bonds. The largest absolute Gasteiger partial charge is 0.365 e. The molecule has 2 aromatic carbocycles. The molecule has 5 rings (SSSR count). The van der Waals surface area contributed by atoms with E-state index in [4.69, 9.17) is 10.7 Å². The number of rotatable bonds is 4. The highest BCUT2D eigenvalue weighted by molar-refractivity contribution is 7.17. The second kappa shape index (κ2) is 9.31. The van der Waals surface area contributed by atoms with Gasteiger partial charge in [0.25, 0.3) is 11.8 Å². The van der Waals surface area contributed by atoms with Crippen LogP contribution in [-0.2, 0) is 13.0 Å². The number of carbonyl (C=O) groups is 2. The molecule has 0 bridgehead atoms. The number of likely N-dealkylation sites (N-methyl/N-ethyl adjacent to an activating group) is 1. The highest BCUT2D eigenvalue weighted by Gasteiger charge is 2.27. The lowest BCUT2D eigenvalue weighted by molar-refractivity contribution is 0.1000. The summed E-state index contributed by atoms with van der Waals surface area (Å²) in [6.45, 7) is 1.60. The third-order valence-electron chi connectivity index (χ3n) is 5.75. The van der Waals surface area contributed by atoms with Crippen LogP contribution < -0.4 is 11.1 Å². The molecule has 6 nitrogen and oxygen atoms in total. The van der Waals surface area contributed by atoms with E-state index < -0.39 is 5.91 Å². The fourth-order valence-electron chi connectivity index (χ4n) is 4.17. The van der Waals surface area contributed by atoms with E-state index in [2.05, 4.69) is 10.2 Å². The van der Waals surface area contributed by atoms with E-state index in [-0.39, 0.29) is 18.3 Å². The molecule has 0 radical (unpaired) electrons. The van der Waals surface area contributed by atoms with Crippen molar-refractivity contribution in [3.63, 3.8) is 0 Å². The third kappa shape index (κ3) is 4.35. The van der Waals surface area contributed by atoms with Gasteiger partial charge in [-0.25, -0.2) is 4.98 Å². The van der Waals surface area contributed by atoms with Crippen LogP contribution in [0.1, 0.15) is 31.2 Å². The third-order valence-corrected chi connectivity index (χ3v) is 6.88. The molecular formula is C25H23ClN4O2S. The summed E-state index contributed by atoms with van der Waals surface area (Å²) in [5.74, 6) is -0.790. The van der Waals surface area contributed by atoms with Gasteiger partial charge in [-0.3, -0.25) is 9.59 Å². The van der Waals surface area contributed by atoms with Crippen molar-refractivity contribution < 1.29 is 9.59 Å². The molecular weight excluding hydrogens is 456 g/mol. The topological polar surface area (TPSA) is 88.3 Å². The van der Waals surface area contributed by atoms with E-state index in [1.807, 2.05) is 61.6 Å². The Morgan fingerprint density at radius 2 is 1.82 bits per heavy atom. The zero-order valence-corrected chi connectivity index (χ0v) is 19.6. The van der Waals surface area contributed by atoms with Crippen LogP contribution in [0.25, 0.3) is 22.2 Å². The van der Waals surface area contributed by atoms with Gasteiger partial charge in [0.1, 0.15) is 5.00 Å². The van der Waals surface area contributed by atoms with Crippen LogP contribution in [-0.4, -0.2) is 35.3 Å². The van der Waals surface area contributed by atoms with E-state index >= 15 is 0 Å². The van der Waals surface area contributed by atoms with Crippen molar-refractivity contribution in [3.8, 4) is 11.3 Å². The van der Waals surface area contributed by atoms with Gasteiger partial charge >= 0.3 is 0 Å². The number of amides is 2. The van der Waals surface area contributed by atoms with Crippen molar-refractivity contribution in [2.45, 2.75) is 13.0 Å². The molecule has 0 saturated heterocycles. The first kappa shape index (κ1) is 22.9. The predicted molar refractivity (Wildman–Crippen MR) is 135 cm³/mol. The Morgan fingerprint density at radius 1 is 1.09 bits per heavy atom. The molecule has 0 spiro atoms. The smallest absolute Gasteiger partial charge is 0.257 e. The molecule has 2 aromatic heterocycles. The lowest BCUT2D eigenvalue weighted by Gasteiger charge is -2.22. The maximum Gasteiger partial charge on any atom is 0.257 e. The molecule has 8 heteroatoms. The molecule has 168 valence electrons. The molecule has 1 aliphatic heterocycles. The number of halogens is 1. The summed E-state index contributed by atoms with van der Waals surface area (Å²) in [7, 11) is 2.04. The SMILES string of the molecule is CN1CCc2c(sc(NC(=O)c3cc(-c4ccccc4)nc4ccccc34)c2C(N)=O)C1.Cl. The Kier molecular flexibility index (Phi) is 6.47. The second-order valence-corrected chi connectivity index (χ2v) is 9.06. The van der Waals surface area contributed by atoms with Crippen molar-refractivity contribution in [3.05, 3.63) is 82.2 Å². The second-order valence-electron chi connectivity index (χ2n) is 7.95. The summed E-state index contributed by atoms with van der Waals surface area (Å²) in [5.41, 5.74) is 10.0. The van der Waals surface area contributed by atoms with Gasteiger partial charge < -0.3 is 16.0 Å². The van der Waals surface area contributed by atoms with Gasteiger partial charge in [0.15, 0.2) is 0 Å². The van der Waals surface area contributed by atoms with Gasteiger partial charge in [-0.1, -0.05) is 48.5 Å². The Bertz CT molecular complexity index is 1350. The van der Waals surface area contributed by atoms with Crippen LogP contribution in [0.3, 0.4) is 0 Å². The number of aromatic nitrogens is 1. The molecule has 33 heavy (non-hydrogen) atoms. The number of hydrogen-bond donors (Lipinski definition) is 2. The zero-order valence-electron chi connectivity index (χ0n) is 18.0. The number of para-hydroxylation sites is 1. The predicted octanol–water partition coefficient (Wildman–Crippen LogP) is 4.72. The van der Waals surface area contributed by atoms with Gasteiger partial charge in [-0.2, -0.15) is 0 Å². The van der Waals surface area contributed by atoms with E-state index in [9.17, 15) is 9.59 Å². The first-order valence-corrected chi connectivity index (χ1v) is 11.2. The minimum Gasteiger partial charge on any atom is -0.365 e. The minimum absolute atomic E-state index is 0. The summed E-state index contributed by atoms with van der Waals surface area (Å²) in [5, 5.41) is 4.26. The Hall–Kier alpha value is -3.26. The quantitative estimate of drug-likeness (QED) is 0.444. The van der Waals surface area contributed by atoms with Crippen LogP contribution in [0.2, 0.25) is 0 Å². The number of thiophene rings is 1. The van der Waals surface area contributed by atoms with E-state index in [1.54, 1.807) is 6.07 Å². The normalized spacial score (nSPS) is 13.2. The summed E-state index contributed by atoms with van der Waals surface area (Å²) >= 11 is 1.43. The molecule has 4 aromatic rings. The standard InChI is InChI=1S/C25H22N4O2S.ClH/c1-29-12-11-17-21(14-29)32-25(22(17)23(26)30)28-24(31)18-13-20(15-7-3-2-4-8-15)27-19-10-6-5-9-16(18)19;/h2-10,13H,11-12,14H2,1H3,(H2,26,30)(H,28,31);1H. The number of carbonyl (C=O) groups excluding carboxylic acids is 2. The van der Waals surface area contributed by atoms with Gasteiger partial charge in [0, 0.05) is 28.9 Å². The van der Waals surface area contributed by atoms with Crippen LogP contribution in [0.5, 0.6) is 0 Å². The highest BCUT2D eigenvalue weighted by atomic mass is 35.5. The molecule has 0 fully saturated rings. The summed E-state index contributed by atoms with van der Waals surface area (Å²) in [4.78, 5) is 33.7. The van der Waals surface area contributed by atoms with Gasteiger partial charge in [-0.15, -0.1) is 23.7 Å². The molecule has 3 N–H and O–H groups in total. The van der Waals surface area contributed by atoms with Crippen LogP contribution >= 0.6 is 23.7 Å². The number of nitrogens with two attached hydrogens (primary N) is 1. The molecule has 1 aliphatic rings. The van der Waals surface area contributed by atoms with Crippen molar-refractivity contribution in [1.82, 2.24) is 9.88 Å². The number of nitrogens with zero attached hydrogens (tertiary/aromatic N) is 2. The number of pyridine rings is 1. The Balaban J connectivity index is 0.00000259. The highest BCUT2D eigenvalue weighted by Crippen LogP contribution is 2.37. The maximum atomic E-state index is 13.5. The molecule has 0 aliphatic carbocycles.